The molecule has 22 heavy (non-hydrogen) atoms. The van der Waals surface area contributed by atoms with Crippen LogP contribution >= 0.6 is 15.9 Å². The van der Waals surface area contributed by atoms with E-state index < -0.39 is 23.3 Å². The molecular weight excluding hydrogens is 344 g/mol. The van der Waals surface area contributed by atoms with Gasteiger partial charge in [-0.3, -0.25) is 14.4 Å². The topological polar surface area (TPSA) is 51.2 Å². The van der Waals surface area contributed by atoms with E-state index in [1.54, 1.807) is 6.08 Å². The summed E-state index contributed by atoms with van der Waals surface area (Å²) >= 11 is 3.21. The summed E-state index contributed by atoms with van der Waals surface area (Å²) in [5.41, 5.74) is 2.09. The van der Waals surface area contributed by atoms with Gasteiger partial charge in [0.2, 0.25) is 11.6 Å². The van der Waals surface area contributed by atoms with Gasteiger partial charge in [-0.25, -0.2) is 0 Å². The molecule has 2 rings (SSSR count). The maximum atomic E-state index is 12.2. The first-order valence-corrected chi connectivity index (χ1v) is 7.75. The van der Waals surface area contributed by atoms with E-state index >= 15 is 0 Å². The zero-order valence-corrected chi connectivity index (χ0v) is 13.7. The van der Waals surface area contributed by atoms with Crippen molar-refractivity contribution >= 4 is 39.4 Å². The molecule has 0 saturated carbocycles. The minimum Gasteiger partial charge on any atom is -0.294 e. The van der Waals surface area contributed by atoms with E-state index in [1.165, 1.54) is 29.9 Å². The number of benzene rings is 1. The predicted molar refractivity (Wildman–Crippen MR) is 89.5 cm³/mol. The number of carbonyl (C=O) groups excluding carboxylic acids is 3. The fraction of sp³-hybridized carbons (Fsp3) is 0.167. The van der Waals surface area contributed by atoms with Gasteiger partial charge in [0.05, 0.1) is 0 Å². The lowest BCUT2D eigenvalue weighted by Gasteiger charge is -2.04. The summed E-state index contributed by atoms with van der Waals surface area (Å²) in [6, 6.07) is 7.81. The molecule has 0 N–H and O–H groups in total. The number of aryl methyl sites for hydroxylation is 1. The molecule has 0 saturated heterocycles. The van der Waals surface area contributed by atoms with Crippen LogP contribution in [0.4, 0.5) is 0 Å². The largest absolute Gasteiger partial charge is 0.294 e. The van der Waals surface area contributed by atoms with Gasteiger partial charge in [0, 0.05) is 4.48 Å². The molecule has 112 valence electrons. The molecule has 3 nitrogen and oxygen atoms in total. The summed E-state index contributed by atoms with van der Waals surface area (Å²) in [5, 5.41) is 0. The highest BCUT2D eigenvalue weighted by molar-refractivity contribution is 9.11. The van der Waals surface area contributed by atoms with Gasteiger partial charge < -0.3 is 0 Å². The van der Waals surface area contributed by atoms with Crippen LogP contribution in [0.3, 0.4) is 0 Å². The van der Waals surface area contributed by atoms with Gasteiger partial charge in [0.1, 0.15) is 5.92 Å². The van der Waals surface area contributed by atoms with Crippen molar-refractivity contribution in [3.05, 3.63) is 64.2 Å². The van der Waals surface area contributed by atoms with Crippen molar-refractivity contribution in [1.29, 1.82) is 0 Å². The Bertz CT molecular complexity index is 694. The Morgan fingerprint density at radius 3 is 2.50 bits per heavy atom. The van der Waals surface area contributed by atoms with Crippen LogP contribution in [-0.2, 0) is 20.8 Å². The molecule has 4 heteroatoms. The summed E-state index contributed by atoms with van der Waals surface area (Å²) in [4.78, 5) is 35.7. The first-order chi connectivity index (χ1) is 10.5. The third kappa shape index (κ3) is 3.98. The molecule has 1 aromatic carbocycles. The maximum Gasteiger partial charge on any atom is 0.222 e. The van der Waals surface area contributed by atoms with Gasteiger partial charge in [-0.2, -0.15) is 0 Å². The van der Waals surface area contributed by atoms with Crippen LogP contribution < -0.4 is 0 Å². The highest BCUT2D eigenvalue weighted by Crippen LogP contribution is 2.18. The number of carbonyl (C=O) groups is 3. The number of Topliss-reactive ketones (excluding diaryl/α,β-unsaturated/α-hetero) is 1. The first kappa shape index (κ1) is 16.3. The van der Waals surface area contributed by atoms with Crippen molar-refractivity contribution in [3.8, 4) is 0 Å². The zero-order valence-electron chi connectivity index (χ0n) is 12.1. The average Bonchev–Trinajstić information content (AvgIpc) is 2.66. The second-order valence-electron chi connectivity index (χ2n) is 4.92. The summed E-state index contributed by atoms with van der Waals surface area (Å²) < 4.78 is 0.547. The van der Waals surface area contributed by atoms with Crippen molar-refractivity contribution in [2.45, 2.75) is 13.3 Å². The van der Waals surface area contributed by atoms with E-state index in [9.17, 15) is 14.4 Å². The van der Waals surface area contributed by atoms with Gasteiger partial charge in [-0.15, -0.1) is 0 Å². The molecule has 1 unspecified atom stereocenters. The van der Waals surface area contributed by atoms with Crippen LogP contribution in [0.25, 0.3) is 6.08 Å². The number of hydrogen-bond acceptors (Lipinski definition) is 3. The zero-order chi connectivity index (χ0) is 16.1. The van der Waals surface area contributed by atoms with E-state index in [0.29, 0.717) is 4.48 Å². The van der Waals surface area contributed by atoms with Crippen LogP contribution in [-0.4, -0.2) is 17.3 Å². The Kier molecular flexibility index (Phi) is 5.39. The quantitative estimate of drug-likeness (QED) is 0.470. The Balaban J connectivity index is 2.16. The average molecular weight is 359 g/mol. The second-order valence-corrected chi connectivity index (χ2v) is 5.84. The van der Waals surface area contributed by atoms with E-state index in [4.69, 9.17) is 0 Å². The van der Waals surface area contributed by atoms with Gasteiger partial charge >= 0.3 is 0 Å². The molecule has 0 fully saturated rings. The normalized spacial score (nSPS) is 18.5. The second kappa shape index (κ2) is 7.27. The molecule has 1 aliphatic rings. The predicted octanol–water partition coefficient (Wildman–Crippen LogP) is 3.43. The van der Waals surface area contributed by atoms with E-state index in [-0.39, 0.29) is 0 Å². The highest BCUT2D eigenvalue weighted by atomic mass is 79.9. The first-order valence-electron chi connectivity index (χ1n) is 6.95. The molecule has 0 aromatic heterocycles. The van der Waals surface area contributed by atoms with Crippen molar-refractivity contribution < 1.29 is 14.4 Å². The fourth-order valence-electron chi connectivity index (χ4n) is 2.04. The Morgan fingerprint density at radius 2 is 1.86 bits per heavy atom. The third-order valence-corrected chi connectivity index (χ3v) is 3.91. The number of rotatable bonds is 4. The molecule has 0 heterocycles. The van der Waals surface area contributed by atoms with Crippen molar-refractivity contribution in [2.24, 2.45) is 5.92 Å². The summed E-state index contributed by atoms with van der Waals surface area (Å²) in [6.07, 6.45) is 8.05. The minimum absolute atomic E-state index is 0.404. The molecule has 0 amide bonds. The minimum atomic E-state index is -1.07. The standard InChI is InChI=1S/C18H15BrO3/c1-2-12-3-5-13(6-4-12)7-9-16(20)15-11-14(19)8-10-17(21)18(15)22/h3-11,15H,2H2,1H3/b9-7+. The lowest BCUT2D eigenvalue weighted by molar-refractivity contribution is -0.138. The van der Waals surface area contributed by atoms with Gasteiger partial charge in [0.25, 0.3) is 0 Å². The third-order valence-electron chi connectivity index (χ3n) is 3.38. The number of allylic oxidation sites excluding steroid dienone is 5. The van der Waals surface area contributed by atoms with E-state index in [1.807, 2.05) is 24.3 Å². The van der Waals surface area contributed by atoms with E-state index in [2.05, 4.69) is 22.9 Å². The summed E-state index contributed by atoms with van der Waals surface area (Å²) in [6.45, 7) is 2.07. The molecule has 0 radical (unpaired) electrons. The molecule has 1 aromatic rings. The van der Waals surface area contributed by atoms with Gasteiger partial charge in [0.15, 0.2) is 5.78 Å². The van der Waals surface area contributed by atoms with Crippen LogP contribution in [0.5, 0.6) is 0 Å². The van der Waals surface area contributed by atoms with Crippen molar-refractivity contribution in [2.75, 3.05) is 0 Å². The number of hydrogen-bond donors (Lipinski definition) is 0. The molecule has 0 bridgehead atoms. The Labute approximate surface area is 137 Å². The fourth-order valence-corrected chi connectivity index (χ4v) is 2.44. The SMILES string of the molecule is CCc1ccc(/C=C/C(=O)C2C=C(Br)C=CC(=O)C2=O)cc1. The van der Waals surface area contributed by atoms with Crippen molar-refractivity contribution in [1.82, 2.24) is 0 Å². The summed E-state index contributed by atoms with van der Waals surface area (Å²) in [7, 11) is 0. The lowest BCUT2D eigenvalue weighted by Crippen LogP contribution is -2.26. The Morgan fingerprint density at radius 1 is 1.18 bits per heavy atom. The monoisotopic (exact) mass is 358 g/mol. The highest BCUT2D eigenvalue weighted by Gasteiger charge is 2.28. The number of halogens is 1. The number of ketones is 3. The molecular formula is C18H15BrO3. The molecule has 1 aliphatic carbocycles. The van der Waals surface area contributed by atoms with Crippen LogP contribution in [0.2, 0.25) is 0 Å². The smallest absolute Gasteiger partial charge is 0.222 e. The van der Waals surface area contributed by atoms with Crippen LogP contribution in [0.1, 0.15) is 18.1 Å². The van der Waals surface area contributed by atoms with Crippen LogP contribution in [0.15, 0.2) is 53.1 Å². The van der Waals surface area contributed by atoms with Crippen molar-refractivity contribution in [3.63, 3.8) is 0 Å². The van der Waals surface area contributed by atoms with Crippen LogP contribution in [0, 0.1) is 5.92 Å². The molecule has 0 aliphatic heterocycles. The van der Waals surface area contributed by atoms with Gasteiger partial charge in [-0.05, 0) is 35.8 Å². The lowest BCUT2D eigenvalue weighted by atomic mass is 9.96. The summed E-state index contributed by atoms with van der Waals surface area (Å²) in [5.74, 6) is -2.84. The molecule has 0 spiro atoms. The van der Waals surface area contributed by atoms with Gasteiger partial charge in [-0.1, -0.05) is 59.3 Å². The maximum absolute atomic E-state index is 12.2. The van der Waals surface area contributed by atoms with E-state index in [0.717, 1.165) is 12.0 Å². The Hall–Kier alpha value is -2.07. The molecule has 1 atom stereocenters.